The molecule has 0 saturated carbocycles. The van der Waals surface area contributed by atoms with Crippen molar-refractivity contribution in [1.29, 1.82) is 0 Å². The van der Waals surface area contributed by atoms with Gasteiger partial charge in [0.15, 0.2) is 0 Å². The van der Waals surface area contributed by atoms with E-state index in [9.17, 15) is 9.90 Å². The number of rotatable bonds is 1. The molecule has 1 aromatic heterocycles. The predicted molar refractivity (Wildman–Crippen MR) is 68.8 cm³/mol. The van der Waals surface area contributed by atoms with E-state index < -0.39 is 0 Å². The molecule has 0 fully saturated rings. The zero-order chi connectivity index (χ0) is 12.7. The van der Waals surface area contributed by atoms with Gasteiger partial charge in [-0.3, -0.25) is 9.36 Å². The summed E-state index contributed by atoms with van der Waals surface area (Å²) < 4.78 is 1.56. The lowest BCUT2D eigenvalue weighted by Crippen LogP contribution is -2.21. The van der Waals surface area contributed by atoms with E-state index in [1.54, 1.807) is 4.57 Å². The maximum absolute atomic E-state index is 12.4. The summed E-state index contributed by atoms with van der Waals surface area (Å²) in [7, 11) is 0. The maximum Gasteiger partial charge on any atom is 0.266 e. The fourth-order valence-electron chi connectivity index (χ4n) is 2.25. The van der Waals surface area contributed by atoms with Crippen LogP contribution in [-0.4, -0.2) is 21.2 Å². The number of nitrogens with one attached hydrogen (secondary N) is 1. The van der Waals surface area contributed by atoms with Gasteiger partial charge in [-0.25, -0.2) is 0 Å². The van der Waals surface area contributed by atoms with Crippen LogP contribution in [-0.2, 0) is 6.54 Å². The van der Waals surface area contributed by atoms with E-state index in [0.29, 0.717) is 19.0 Å². The van der Waals surface area contributed by atoms with Crippen LogP contribution in [0.2, 0.25) is 0 Å². The molecule has 2 aromatic rings. The largest absolute Gasteiger partial charge is 0.493 e. The third kappa shape index (κ3) is 1.48. The number of anilines is 1. The molecule has 1 aromatic carbocycles. The Morgan fingerprint density at radius 3 is 2.94 bits per heavy atom. The van der Waals surface area contributed by atoms with Gasteiger partial charge in [0, 0.05) is 13.1 Å². The molecule has 0 amide bonds. The van der Waals surface area contributed by atoms with Gasteiger partial charge in [-0.1, -0.05) is 24.3 Å². The van der Waals surface area contributed by atoms with Crippen molar-refractivity contribution >= 4 is 5.95 Å². The fraction of sp³-hybridized carbons (Fsp3) is 0.231. The first-order valence-corrected chi connectivity index (χ1v) is 5.82. The molecule has 5 nitrogen and oxygen atoms in total. The summed E-state index contributed by atoms with van der Waals surface area (Å²) in [6.45, 7) is 3.16. The summed E-state index contributed by atoms with van der Waals surface area (Å²) in [4.78, 5) is 16.4. The van der Waals surface area contributed by atoms with E-state index in [1.807, 2.05) is 31.2 Å². The van der Waals surface area contributed by atoms with Crippen LogP contribution in [0.15, 0.2) is 29.1 Å². The minimum absolute atomic E-state index is 0.197. The molecule has 92 valence electrons. The van der Waals surface area contributed by atoms with Crippen LogP contribution in [0.5, 0.6) is 5.88 Å². The van der Waals surface area contributed by atoms with Crippen molar-refractivity contribution in [3.63, 3.8) is 0 Å². The van der Waals surface area contributed by atoms with Crippen LogP contribution < -0.4 is 10.9 Å². The molecule has 0 aliphatic carbocycles. The Morgan fingerprint density at radius 2 is 2.17 bits per heavy atom. The Bertz CT molecular complexity index is 676. The van der Waals surface area contributed by atoms with Gasteiger partial charge in [0.1, 0.15) is 5.56 Å². The lowest BCUT2D eigenvalue weighted by atomic mass is 10.0. The molecule has 0 unspecified atom stereocenters. The number of aromatic hydroxyl groups is 1. The molecule has 0 radical (unpaired) electrons. The van der Waals surface area contributed by atoms with E-state index in [-0.39, 0.29) is 17.0 Å². The molecule has 2 heterocycles. The van der Waals surface area contributed by atoms with Gasteiger partial charge in [0.25, 0.3) is 5.56 Å². The first-order chi connectivity index (χ1) is 8.68. The Kier molecular flexibility index (Phi) is 2.33. The van der Waals surface area contributed by atoms with Gasteiger partial charge in [-0.05, 0) is 18.1 Å². The van der Waals surface area contributed by atoms with E-state index in [4.69, 9.17) is 0 Å². The SMILES string of the molecule is Cc1ccccc1-c1c(O)nc2n(c1=O)CCN2. The number of fused-ring (bicyclic) bond motifs is 1. The van der Waals surface area contributed by atoms with Crippen LogP contribution >= 0.6 is 0 Å². The second-order valence-electron chi connectivity index (χ2n) is 4.33. The summed E-state index contributed by atoms with van der Waals surface area (Å²) in [6.07, 6.45) is 0. The van der Waals surface area contributed by atoms with Crippen molar-refractivity contribution in [2.24, 2.45) is 0 Å². The van der Waals surface area contributed by atoms with Crippen molar-refractivity contribution < 1.29 is 5.11 Å². The Morgan fingerprint density at radius 1 is 1.39 bits per heavy atom. The third-order valence-electron chi connectivity index (χ3n) is 3.18. The number of benzene rings is 1. The van der Waals surface area contributed by atoms with Crippen molar-refractivity contribution in [1.82, 2.24) is 9.55 Å². The summed E-state index contributed by atoms with van der Waals surface area (Å²) in [5, 5.41) is 12.9. The molecule has 0 saturated heterocycles. The highest BCUT2D eigenvalue weighted by atomic mass is 16.3. The lowest BCUT2D eigenvalue weighted by molar-refractivity contribution is 0.452. The Labute approximate surface area is 104 Å². The summed E-state index contributed by atoms with van der Waals surface area (Å²) in [5.74, 6) is 0.227. The minimum atomic E-state index is -0.213. The fourth-order valence-corrected chi connectivity index (χ4v) is 2.25. The molecule has 1 aliphatic heterocycles. The van der Waals surface area contributed by atoms with Crippen LogP contribution in [0.25, 0.3) is 11.1 Å². The number of nitrogens with zero attached hydrogens (tertiary/aromatic N) is 2. The highest BCUT2D eigenvalue weighted by Crippen LogP contribution is 2.28. The Balaban J connectivity index is 2.32. The molecule has 0 bridgehead atoms. The highest BCUT2D eigenvalue weighted by Gasteiger charge is 2.21. The van der Waals surface area contributed by atoms with Crippen LogP contribution in [0, 0.1) is 6.92 Å². The highest BCUT2D eigenvalue weighted by molar-refractivity contribution is 5.71. The molecule has 0 atom stereocenters. The molecular weight excluding hydrogens is 230 g/mol. The number of hydrogen-bond acceptors (Lipinski definition) is 4. The molecule has 5 heteroatoms. The average Bonchev–Trinajstić information content (AvgIpc) is 2.79. The molecule has 18 heavy (non-hydrogen) atoms. The molecule has 2 N–H and O–H groups in total. The zero-order valence-corrected chi connectivity index (χ0v) is 9.97. The van der Waals surface area contributed by atoms with Gasteiger partial charge in [-0.2, -0.15) is 4.98 Å². The second kappa shape index (κ2) is 3.87. The predicted octanol–water partition coefficient (Wildman–Crippen LogP) is 1.35. The molecular formula is C13H13N3O2. The zero-order valence-electron chi connectivity index (χ0n) is 9.97. The summed E-state index contributed by atoms with van der Waals surface area (Å²) >= 11 is 0. The average molecular weight is 243 g/mol. The van der Waals surface area contributed by atoms with Crippen LogP contribution in [0.1, 0.15) is 5.56 Å². The van der Waals surface area contributed by atoms with Crippen LogP contribution in [0.3, 0.4) is 0 Å². The Hall–Kier alpha value is -2.30. The van der Waals surface area contributed by atoms with Gasteiger partial charge in [0.05, 0.1) is 0 Å². The maximum atomic E-state index is 12.4. The molecule has 1 aliphatic rings. The molecule has 3 rings (SSSR count). The minimum Gasteiger partial charge on any atom is -0.493 e. The van der Waals surface area contributed by atoms with Crippen molar-refractivity contribution in [3.8, 4) is 17.0 Å². The lowest BCUT2D eigenvalue weighted by Gasteiger charge is -2.09. The number of hydrogen-bond donors (Lipinski definition) is 2. The van der Waals surface area contributed by atoms with E-state index in [0.717, 1.165) is 11.1 Å². The standard InChI is InChI=1S/C13H13N3O2/c1-8-4-2-3-5-9(8)10-11(17)15-13-14-6-7-16(13)12(10)18/h2-5,17H,6-7H2,1H3,(H,14,15). The van der Waals surface area contributed by atoms with Crippen molar-refractivity contribution in [2.45, 2.75) is 13.5 Å². The normalized spacial score (nSPS) is 13.2. The monoisotopic (exact) mass is 243 g/mol. The smallest absolute Gasteiger partial charge is 0.266 e. The first-order valence-electron chi connectivity index (χ1n) is 5.82. The van der Waals surface area contributed by atoms with Gasteiger partial charge in [0.2, 0.25) is 11.8 Å². The van der Waals surface area contributed by atoms with E-state index >= 15 is 0 Å². The van der Waals surface area contributed by atoms with Gasteiger partial charge in [-0.15, -0.1) is 0 Å². The van der Waals surface area contributed by atoms with E-state index in [2.05, 4.69) is 10.3 Å². The van der Waals surface area contributed by atoms with E-state index in [1.165, 1.54) is 0 Å². The topological polar surface area (TPSA) is 67.2 Å². The van der Waals surface area contributed by atoms with Crippen molar-refractivity contribution in [2.75, 3.05) is 11.9 Å². The quantitative estimate of drug-likeness (QED) is 0.793. The van der Waals surface area contributed by atoms with Gasteiger partial charge < -0.3 is 10.4 Å². The van der Waals surface area contributed by atoms with Gasteiger partial charge >= 0.3 is 0 Å². The summed E-state index contributed by atoms with van der Waals surface area (Å²) in [5.41, 5.74) is 1.75. The number of aromatic nitrogens is 2. The number of aryl methyl sites for hydroxylation is 1. The molecule has 0 spiro atoms. The van der Waals surface area contributed by atoms with Crippen molar-refractivity contribution in [3.05, 3.63) is 40.2 Å². The third-order valence-corrected chi connectivity index (χ3v) is 3.18. The second-order valence-corrected chi connectivity index (χ2v) is 4.33. The summed E-state index contributed by atoms with van der Waals surface area (Å²) in [6, 6.07) is 7.47. The first kappa shape index (κ1) is 10.8. The van der Waals surface area contributed by atoms with Crippen LogP contribution in [0.4, 0.5) is 5.95 Å².